The van der Waals surface area contributed by atoms with Crippen molar-refractivity contribution < 1.29 is 27.4 Å². The molecule has 0 saturated carbocycles. The number of rotatable bonds is 5. The second-order valence-electron chi connectivity index (χ2n) is 6.70. The number of amides is 2. The fraction of sp³-hybridized carbons (Fsp3) is 0.375. The Morgan fingerprint density at radius 2 is 2.03 bits per heavy atom. The number of carbonyl (C=O) groups excluding carboxylic acids is 1. The number of aromatic nitrogens is 2. The highest BCUT2D eigenvalue weighted by Gasteiger charge is 2.27. The number of piperidine rings is 1. The molecule has 12 nitrogen and oxygen atoms in total. The minimum absolute atomic E-state index is 0.0926. The first-order chi connectivity index (χ1) is 14.7. The number of benzene rings is 1. The molecular weight excluding hydrogens is 501 g/mol. The molecule has 1 aromatic carbocycles. The summed E-state index contributed by atoms with van der Waals surface area (Å²) in [6.45, 7) is 0.609. The van der Waals surface area contributed by atoms with Gasteiger partial charge in [0.05, 0.1) is 10.7 Å². The molecular formula is C16H19BrFN7O5S. The number of nitrogens with one attached hydrogen (secondary N) is 3. The van der Waals surface area contributed by atoms with Crippen molar-refractivity contribution >= 4 is 49.3 Å². The summed E-state index contributed by atoms with van der Waals surface area (Å²) in [5.41, 5.74) is 0.280. The van der Waals surface area contributed by atoms with Crippen LogP contribution in [-0.2, 0) is 10.0 Å². The van der Waals surface area contributed by atoms with Crippen LogP contribution in [0.4, 0.5) is 20.7 Å². The third kappa shape index (κ3) is 5.89. The van der Waals surface area contributed by atoms with E-state index >= 15 is 0 Å². The standard InChI is InChI=1S/C16H19BrFN7O5S/c1-31(28,29)25-6-4-9(5-7-25)20-16(26)21-15-13(23-30-24-15)14(22-27)19-10-2-3-12(18)11(17)8-10/h2-3,8-9,27H,4-7H2,1H3,(H,19,22)(H2,20,21,24,26). The summed E-state index contributed by atoms with van der Waals surface area (Å²) in [6, 6.07) is 3.17. The molecule has 0 unspecified atom stereocenters. The average Bonchev–Trinajstić information content (AvgIpc) is 3.16. The molecule has 1 aliphatic rings. The Morgan fingerprint density at radius 1 is 1.32 bits per heavy atom. The zero-order chi connectivity index (χ0) is 22.6. The summed E-state index contributed by atoms with van der Waals surface area (Å²) < 4.78 is 42.7. The highest BCUT2D eigenvalue weighted by atomic mass is 79.9. The third-order valence-electron chi connectivity index (χ3n) is 4.49. The highest BCUT2D eigenvalue weighted by molar-refractivity contribution is 9.10. The van der Waals surface area contributed by atoms with E-state index in [1.165, 1.54) is 22.5 Å². The van der Waals surface area contributed by atoms with Gasteiger partial charge in [-0.05, 0) is 57.3 Å². The molecule has 2 heterocycles. The Hall–Kier alpha value is -2.78. The van der Waals surface area contributed by atoms with Gasteiger partial charge in [0.15, 0.2) is 5.69 Å². The molecule has 0 radical (unpaired) electrons. The summed E-state index contributed by atoms with van der Waals surface area (Å²) >= 11 is 3.05. The summed E-state index contributed by atoms with van der Waals surface area (Å²) in [4.78, 5) is 12.3. The molecule has 1 saturated heterocycles. The molecule has 31 heavy (non-hydrogen) atoms. The van der Waals surface area contributed by atoms with Crippen molar-refractivity contribution in [3.63, 3.8) is 0 Å². The van der Waals surface area contributed by atoms with E-state index in [-0.39, 0.29) is 27.9 Å². The lowest BCUT2D eigenvalue weighted by molar-refractivity contribution is 0.238. The van der Waals surface area contributed by atoms with E-state index in [0.717, 1.165) is 6.26 Å². The van der Waals surface area contributed by atoms with Crippen LogP contribution in [0.15, 0.2) is 32.5 Å². The Bertz CT molecular complexity index is 1090. The topological polar surface area (TPSA) is 162 Å². The predicted octanol–water partition coefficient (Wildman–Crippen LogP) is 1.76. The Morgan fingerprint density at radius 3 is 2.65 bits per heavy atom. The number of nitrogens with zero attached hydrogens (tertiary/aromatic N) is 4. The summed E-state index contributed by atoms with van der Waals surface area (Å²) in [5.74, 6) is -0.790. The van der Waals surface area contributed by atoms with Gasteiger partial charge >= 0.3 is 6.03 Å². The lowest BCUT2D eigenvalue weighted by Crippen LogP contribution is -2.47. The number of hydrogen-bond donors (Lipinski definition) is 4. The largest absolute Gasteiger partial charge is 0.409 e. The molecule has 0 atom stereocenters. The Labute approximate surface area is 185 Å². The lowest BCUT2D eigenvalue weighted by atomic mass is 10.1. The molecule has 2 aromatic rings. The van der Waals surface area contributed by atoms with Crippen molar-refractivity contribution in [2.24, 2.45) is 5.16 Å². The van der Waals surface area contributed by atoms with Gasteiger partial charge in [0, 0.05) is 24.8 Å². The van der Waals surface area contributed by atoms with E-state index < -0.39 is 21.9 Å². The van der Waals surface area contributed by atoms with Crippen molar-refractivity contribution in [3.8, 4) is 0 Å². The molecule has 2 amide bonds. The maximum Gasteiger partial charge on any atom is 0.320 e. The molecule has 1 fully saturated rings. The molecule has 0 spiro atoms. The minimum Gasteiger partial charge on any atom is -0.409 e. The molecule has 4 N–H and O–H groups in total. The number of urea groups is 1. The van der Waals surface area contributed by atoms with Crippen LogP contribution in [0.5, 0.6) is 0 Å². The smallest absolute Gasteiger partial charge is 0.320 e. The van der Waals surface area contributed by atoms with Crippen LogP contribution in [-0.4, -0.2) is 65.5 Å². The first kappa shape index (κ1) is 22.9. The van der Waals surface area contributed by atoms with Gasteiger partial charge in [-0.1, -0.05) is 5.16 Å². The Kier molecular flexibility index (Phi) is 7.07. The van der Waals surface area contributed by atoms with Gasteiger partial charge < -0.3 is 15.8 Å². The highest BCUT2D eigenvalue weighted by Crippen LogP contribution is 2.21. The van der Waals surface area contributed by atoms with Crippen LogP contribution in [0.25, 0.3) is 0 Å². The number of halogens is 2. The van der Waals surface area contributed by atoms with Gasteiger partial charge in [-0.2, -0.15) is 0 Å². The van der Waals surface area contributed by atoms with Crippen LogP contribution in [0.3, 0.4) is 0 Å². The van der Waals surface area contributed by atoms with Gasteiger partial charge in [0.25, 0.3) is 0 Å². The quantitative estimate of drug-likeness (QED) is 0.201. The van der Waals surface area contributed by atoms with Crippen molar-refractivity contribution in [1.82, 2.24) is 19.9 Å². The fourth-order valence-corrected chi connectivity index (χ4v) is 4.18. The molecule has 168 valence electrons. The van der Waals surface area contributed by atoms with Crippen LogP contribution >= 0.6 is 15.9 Å². The SMILES string of the molecule is CS(=O)(=O)N1CCC(NC(=O)Nc2nonc2/C(=N/O)Nc2ccc(F)c(Br)c2)CC1. The van der Waals surface area contributed by atoms with Crippen molar-refractivity contribution in [2.45, 2.75) is 18.9 Å². The molecule has 1 aromatic heterocycles. The van der Waals surface area contributed by atoms with E-state index in [1.807, 2.05) is 0 Å². The fourth-order valence-electron chi connectivity index (χ4n) is 2.93. The number of anilines is 2. The average molecular weight is 520 g/mol. The van der Waals surface area contributed by atoms with E-state index in [2.05, 4.69) is 52.0 Å². The number of sulfonamides is 1. The van der Waals surface area contributed by atoms with Gasteiger partial charge in [-0.3, -0.25) is 5.32 Å². The van der Waals surface area contributed by atoms with Gasteiger partial charge in [0.2, 0.25) is 21.7 Å². The number of hydrogen-bond acceptors (Lipinski definition) is 8. The Balaban J connectivity index is 1.61. The molecule has 1 aliphatic heterocycles. The van der Waals surface area contributed by atoms with E-state index in [4.69, 9.17) is 0 Å². The van der Waals surface area contributed by atoms with Crippen LogP contribution in [0.1, 0.15) is 18.5 Å². The summed E-state index contributed by atoms with van der Waals surface area (Å²) in [7, 11) is -3.26. The van der Waals surface area contributed by atoms with Crippen molar-refractivity contribution in [2.75, 3.05) is 30.0 Å². The van der Waals surface area contributed by atoms with Gasteiger partial charge in [0.1, 0.15) is 5.82 Å². The normalized spacial score (nSPS) is 16.2. The number of carbonyl (C=O) groups is 1. The van der Waals surface area contributed by atoms with Crippen LogP contribution in [0.2, 0.25) is 0 Å². The van der Waals surface area contributed by atoms with Gasteiger partial charge in [-0.25, -0.2) is 26.5 Å². The number of amidine groups is 1. The summed E-state index contributed by atoms with van der Waals surface area (Å²) in [5, 5.41) is 27.5. The maximum absolute atomic E-state index is 13.4. The maximum atomic E-state index is 13.4. The van der Waals surface area contributed by atoms with Crippen LogP contribution in [0, 0.1) is 5.82 Å². The summed E-state index contributed by atoms with van der Waals surface area (Å²) in [6.07, 6.45) is 2.05. The molecule has 0 aliphatic carbocycles. The zero-order valence-electron chi connectivity index (χ0n) is 16.2. The third-order valence-corrected chi connectivity index (χ3v) is 6.40. The minimum atomic E-state index is -3.26. The molecule has 3 rings (SSSR count). The van der Waals surface area contributed by atoms with Crippen molar-refractivity contribution in [1.29, 1.82) is 0 Å². The van der Waals surface area contributed by atoms with E-state index in [1.54, 1.807) is 0 Å². The second-order valence-corrected chi connectivity index (χ2v) is 9.54. The lowest BCUT2D eigenvalue weighted by Gasteiger charge is -2.30. The first-order valence-electron chi connectivity index (χ1n) is 8.97. The molecule has 15 heteroatoms. The zero-order valence-corrected chi connectivity index (χ0v) is 18.6. The second kappa shape index (κ2) is 9.57. The predicted molar refractivity (Wildman–Crippen MR) is 112 cm³/mol. The van der Waals surface area contributed by atoms with Crippen molar-refractivity contribution in [3.05, 3.63) is 34.2 Å². The number of oxime groups is 1. The van der Waals surface area contributed by atoms with Crippen LogP contribution < -0.4 is 16.0 Å². The monoisotopic (exact) mass is 519 g/mol. The first-order valence-corrected chi connectivity index (χ1v) is 11.6. The van der Waals surface area contributed by atoms with Gasteiger partial charge in [-0.15, -0.1) is 0 Å². The van der Waals surface area contributed by atoms with E-state index in [9.17, 15) is 22.8 Å². The van der Waals surface area contributed by atoms with E-state index in [0.29, 0.717) is 31.6 Å². The molecule has 0 bridgehead atoms.